The van der Waals surface area contributed by atoms with Crippen LogP contribution < -0.4 is 10.1 Å². The molecule has 0 bridgehead atoms. The molecule has 22 heavy (non-hydrogen) atoms. The van der Waals surface area contributed by atoms with Crippen LogP contribution in [0.1, 0.15) is 35.2 Å². The Morgan fingerprint density at radius 1 is 1.23 bits per heavy atom. The van der Waals surface area contributed by atoms with Crippen molar-refractivity contribution in [3.63, 3.8) is 0 Å². The highest BCUT2D eigenvalue weighted by molar-refractivity contribution is 6.16. The molecule has 0 aliphatic rings. The fraction of sp³-hybridized carbons (Fsp3) is 0.353. The molecular formula is C17H20ClNO3. The second kappa shape index (κ2) is 8.49. The van der Waals surface area contributed by atoms with Crippen LogP contribution in [-0.2, 0) is 12.3 Å². The molecule has 1 N–H and O–H groups in total. The van der Waals surface area contributed by atoms with Gasteiger partial charge in [-0.25, -0.2) is 0 Å². The number of rotatable bonds is 8. The van der Waals surface area contributed by atoms with Gasteiger partial charge < -0.3 is 14.5 Å². The monoisotopic (exact) mass is 321 g/mol. The van der Waals surface area contributed by atoms with E-state index in [4.69, 9.17) is 20.8 Å². The third kappa shape index (κ3) is 4.81. The number of ether oxygens (including phenoxy) is 1. The van der Waals surface area contributed by atoms with Gasteiger partial charge in [0.15, 0.2) is 5.76 Å². The highest BCUT2D eigenvalue weighted by atomic mass is 35.5. The minimum absolute atomic E-state index is 0.254. The van der Waals surface area contributed by atoms with Gasteiger partial charge in [0.05, 0.1) is 12.4 Å². The maximum atomic E-state index is 11.8. The molecule has 0 fully saturated rings. The second-order valence-corrected chi connectivity index (χ2v) is 5.17. The molecule has 0 unspecified atom stereocenters. The van der Waals surface area contributed by atoms with Gasteiger partial charge in [-0.05, 0) is 36.2 Å². The Labute approximate surface area is 135 Å². The molecule has 0 aliphatic heterocycles. The van der Waals surface area contributed by atoms with E-state index in [0.29, 0.717) is 18.9 Å². The highest BCUT2D eigenvalue weighted by Crippen LogP contribution is 2.13. The number of aryl methyl sites for hydroxylation is 1. The Morgan fingerprint density at radius 3 is 2.64 bits per heavy atom. The van der Waals surface area contributed by atoms with Crippen LogP contribution in [0.3, 0.4) is 0 Å². The van der Waals surface area contributed by atoms with Gasteiger partial charge >= 0.3 is 0 Å². The summed E-state index contributed by atoms with van der Waals surface area (Å²) in [5.41, 5.74) is 1.30. The number of carbonyl (C=O) groups excluding carboxylic acids is 1. The number of halogens is 1. The van der Waals surface area contributed by atoms with Crippen molar-refractivity contribution in [2.45, 2.75) is 25.6 Å². The summed E-state index contributed by atoms with van der Waals surface area (Å²) >= 11 is 5.62. The average Bonchev–Trinajstić information content (AvgIpc) is 3.02. The first-order valence-corrected chi connectivity index (χ1v) is 7.91. The largest absolute Gasteiger partial charge is 0.492 e. The molecule has 118 valence electrons. The molecule has 0 saturated carbocycles. The van der Waals surface area contributed by atoms with Crippen LogP contribution in [0.4, 0.5) is 0 Å². The molecule has 2 rings (SSSR count). The van der Waals surface area contributed by atoms with E-state index in [1.54, 1.807) is 12.1 Å². The Balaban J connectivity index is 1.71. The number of carbonyl (C=O) groups is 1. The van der Waals surface area contributed by atoms with Crippen molar-refractivity contribution in [3.8, 4) is 5.75 Å². The molecule has 0 saturated heterocycles. The van der Waals surface area contributed by atoms with Crippen LogP contribution in [0.2, 0.25) is 0 Å². The summed E-state index contributed by atoms with van der Waals surface area (Å²) in [6, 6.07) is 11.3. The first-order chi connectivity index (χ1) is 10.7. The molecule has 0 radical (unpaired) electrons. The number of benzene rings is 1. The first-order valence-electron chi connectivity index (χ1n) is 7.37. The summed E-state index contributed by atoms with van der Waals surface area (Å²) in [4.78, 5) is 11.8. The van der Waals surface area contributed by atoms with E-state index in [9.17, 15) is 4.79 Å². The van der Waals surface area contributed by atoms with Crippen LogP contribution in [0, 0.1) is 0 Å². The molecule has 0 aliphatic carbocycles. The van der Waals surface area contributed by atoms with Crippen LogP contribution in [0.25, 0.3) is 0 Å². The van der Waals surface area contributed by atoms with Gasteiger partial charge in [0.25, 0.3) is 5.91 Å². The van der Waals surface area contributed by atoms with Crippen molar-refractivity contribution in [1.82, 2.24) is 5.32 Å². The second-order valence-electron chi connectivity index (χ2n) is 4.90. The van der Waals surface area contributed by atoms with Crippen LogP contribution in [0.5, 0.6) is 5.75 Å². The Morgan fingerprint density at radius 2 is 2.00 bits per heavy atom. The molecule has 1 heterocycles. The normalized spacial score (nSPS) is 10.5. The quantitative estimate of drug-likeness (QED) is 0.594. The smallest absolute Gasteiger partial charge is 0.287 e. The minimum atomic E-state index is -0.265. The summed E-state index contributed by atoms with van der Waals surface area (Å²) in [7, 11) is 0. The molecule has 0 atom stereocenters. The predicted octanol–water partition coefficient (Wildman–Crippen LogP) is 3.78. The van der Waals surface area contributed by atoms with Gasteiger partial charge in [0, 0.05) is 0 Å². The van der Waals surface area contributed by atoms with Gasteiger partial charge in [-0.3, -0.25) is 4.79 Å². The van der Waals surface area contributed by atoms with Crippen molar-refractivity contribution in [2.24, 2.45) is 0 Å². The van der Waals surface area contributed by atoms with Crippen molar-refractivity contribution in [3.05, 3.63) is 53.5 Å². The molecule has 0 spiro atoms. The Hall–Kier alpha value is -1.94. The zero-order valence-electron chi connectivity index (χ0n) is 12.6. The lowest BCUT2D eigenvalue weighted by Gasteiger charge is -2.07. The topological polar surface area (TPSA) is 51.5 Å². The zero-order chi connectivity index (χ0) is 15.8. The van der Waals surface area contributed by atoms with E-state index in [-0.39, 0.29) is 17.5 Å². The van der Waals surface area contributed by atoms with Gasteiger partial charge in [-0.1, -0.05) is 25.5 Å². The maximum absolute atomic E-state index is 11.8. The molecule has 1 aromatic heterocycles. The fourth-order valence-electron chi connectivity index (χ4n) is 2.03. The van der Waals surface area contributed by atoms with Crippen LogP contribution in [0.15, 0.2) is 40.8 Å². The standard InChI is InChI=1S/C17H20ClNO3/c1-2-3-13-4-6-14(7-5-13)21-11-10-19-17(20)16-9-8-15(12-18)22-16/h4-9H,2-3,10-12H2,1H3,(H,19,20). The molecule has 2 aromatic rings. The predicted molar refractivity (Wildman–Crippen MR) is 86.5 cm³/mol. The van der Waals surface area contributed by atoms with Gasteiger partial charge in [-0.2, -0.15) is 0 Å². The van der Waals surface area contributed by atoms with Gasteiger partial charge in [-0.15, -0.1) is 11.6 Å². The van der Waals surface area contributed by atoms with Crippen LogP contribution >= 0.6 is 11.6 Å². The molecule has 5 heteroatoms. The molecular weight excluding hydrogens is 302 g/mol. The number of alkyl halides is 1. The number of hydrogen-bond acceptors (Lipinski definition) is 3. The number of amides is 1. The Bertz CT molecular complexity index is 592. The number of furan rings is 1. The van der Waals surface area contributed by atoms with Crippen LogP contribution in [-0.4, -0.2) is 19.1 Å². The summed E-state index contributed by atoms with van der Waals surface area (Å²) in [5, 5.41) is 2.74. The van der Waals surface area contributed by atoms with E-state index in [1.807, 2.05) is 12.1 Å². The van der Waals surface area contributed by atoms with E-state index in [2.05, 4.69) is 24.4 Å². The lowest BCUT2D eigenvalue weighted by Crippen LogP contribution is -2.27. The Kier molecular flexibility index (Phi) is 6.34. The summed E-state index contributed by atoms with van der Waals surface area (Å²) in [6.07, 6.45) is 2.20. The van der Waals surface area contributed by atoms with E-state index in [0.717, 1.165) is 18.6 Å². The third-order valence-electron chi connectivity index (χ3n) is 3.14. The van der Waals surface area contributed by atoms with Gasteiger partial charge in [0.2, 0.25) is 0 Å². The SMILES string of the molecule is CCCc1ccc(OCCNC(=O)c2ccc(CCl)o2)cc1. The van der Waals surface area contributed by atoms with Crippen molar-refractivity contribution in [2.75, 3.05) is 13.2 Å². The van der Waals surface area contributed by atoms with E-state index >= 15 is 0 Å². The first kappa shape index (κ1) is 16.4. The highest BCUT2D eigenvalue weighted by Gasteiger charge is 2.09. The molecule has 1 amide bonds. The summed E-state index contributed by atoms with van der Waals surface area (Å²) in [5.74, 6) is 1.63. The lowest BCUT2D eigenvalue weighted by molar-refractivity contribution is 0.0918. The van der Waals surface area contributed by atoms with Crippen molar-refractivity contribution < 1.29 is 13.9 Å². The summed E-state index contributed by atoms with van der Waals surface area (Å²) < 4.78 is 10.8. The number of hydrogen-bond donors (Lipinski definition) is 1. The maximum Gasteiger partial charge on any atom is 0.287 e. The molecule has 4 nitrogen and oxygen atoms in total. The number of nitrogens with one attached hydrogen (secondary N) is 1. The van der Waals surface area contributed by atoms with Crippen molar-refractivity contribution >= 4 is 17.5 Å². The lowest BCUT2D eigenvalue weighted by atomic mass is 10.1. The van der Waals surface area contributed by atoms with Crippen molar-refractivity contribution in [1.29, 1.82) is 0 Å². The van der Waals surface area contributed by atoms with Gasteiger partial charge in [0.1, 0.15) is 18.1 Å². The fourth-order valence-corrected chi connectivity index (χ4v) is 2.18. The van der Waals surface area contributed by atoms with E-state index < -0.39 is 0 Å². The molecule has 1 aromatic carbocycles. The minimum Gasteiger partial charge on any atom is -0.492 e. The summed E-state index contributed by atoms with van der Waals surface area (Å²) in [6.45, 7) is 2.97. The zero-order valence-corrected chi connectivity index (χ0v) is 13.4. The van der Waals surface area contributed by atoms with E-state index in [1.165, 1.54) is 5.56 Å². The average molecular weight is 322 g/mol. The third-order valence-corrected chi connectivity index (χ3v) is 3.40.